The van der Waals surface area contributed by atoms with E-state index in [9.17, 15) is 13.2 Å². The number of carbonyl (C=O) groups is 1. The van der Waals surface area contributed by atoms with E-state index in [1.807, 2.05) is 5.32 Å². The van der Waals surface area contributed by atoms with Gasteiger partial charge in [0.05, 0.1) is 4.90 Å². The normalized spacial score (nSPS) is 12.9. The Labute approximate surface area is 136 Å². The number of amides is 1. The second-order valence-electron chi connectivity index (χ2n) is 3.85. The number of halogens is 3. The minimum atomic E-state index is -4.12. The van der Waals surface area contributed by atoms with Gasteiger partial charge in [-0.3, -0.25) is 10.1 Å². The molecule has 0 fully saturated rings. The van der Waals surface area contributed by atoms with Gasteiger partial charge in [-0.05, 0) is 19.1 Å². The molecule has 1 aromatic rings. The van der Waals surface area contributed by atoms with Crippen LogP contribution in [0.15, 0.2) is 34.3 Å². The van der Waals surface area contributed by atoms with Gasteiger partial charge in [0.25, 0.3) is 14.9 Å². The van der Waals surface area contributed by atoms with E-state index < -0.39 is 24.7 Å². The summed E-state index contributed by atoms with van der Waals surface area (Å²) in [7, 11) is -3.00. The fourth-order valence-electron chi connectivity index (χ4n) is 1.22. The summed E-state index contributed by atoms with van der Waals surface area (Å²) in [6.07, 6.45) is 0. The molecule has 1 N–H and O–H groups in total. The predicted molar refractivity (Wildman–Crippen MR) is 81.2 cm³/mol. The van der Waals surface area contributed by atoms with E-state index in [0.717, 1.165) is 12.7 Å². The molecule has 0 spiro atoms. The maximum atomic E-state index is 12.3. The van der Waals surface area contributed by atoms with Gasteiger partial charge in [-0.1, -0.05) is 57.7 Å². The molecule has 0 bridgehead atoms. The molecule has 0 aliphatic carbocycles. The highest BCUT2D eigenvalue weighted by atomic mass is 35.6. The van der Waals surface area contributed by atoms with Crippen molar-refractivity contribution in [1.82, 2.24) is 5.32 Å². The SMILES string of the molecule is CON=C(NC(=O)C(Cl)(Cl)Cl)S(=O)(=O)c1ccc(C)cc1. The Kier molecular flexibility index (Phi) is 5.86. The average molecular weight is 374 g/mol. The number of nitrogens with one attached hydrogen (secondary N) is 1. The smallest absolute Gasteiger partial charge is 0.278 e. The topological polar surface area (TPSA) is 84.8 Å². The molecular formula is C11H11Cl3N2O4S. The molecule has 0 unspecified atom stereocenters. The summed E-state index contributed by atoms with van der Waals surface area (Å²) in [5, 5.41) is 4.41. The lowest BCUT2D eigenvalue weighted by Crippen LogP contribution is -2.42. The van der Waals surface area contributed by atoms with Crippen LogP contribution in [0.25, 0.3) is 0 Å². The zero-order chi connectivity index (χ0) is 16.3. The molecule has 1 amide bonds. The van der Waals surface area contributed by atoms with Crippen LogP contribution in [0.4, 0.5) is 0 Å². The fraction of sp³-hybridized carbons (Fsp3) is 0.273. The first-order valence-corrected chi connectivity index (χ1v) is 8.02. The summed E-state index contributed by atoms with van der Waals surface area (Å²) in [6.45, 7) is 1.80. The number of alkyl halides is 3. The molecule has 0 aliphatic rings. The van der Waals surface area contributed by atoms with Crippen LogP contribution in [0.2, 0.25) is 0 Å². The Morgan fingerprint density at radius 2 is 1.76 bits per heavy atom. The van der Waals surface area contributed by atoms with E-state index in [1.165, 1.54) is 12.1 Å². The Morgan fingerprint density at radius 3 is 2.19 bits per heavy atom. The third-order valence-corrected chi connectivity index (χ3v) is 4.33. The maximum Gasteiger partial charge on any atom is 0.278 e. The lowest BCUT2D eigenvalue weighted by atomic mass is 10.2. The molecular weight excluding hydrogens is 363 g/mol. The van der Waals surface area contributed by atoms with Crippen molar-refractivity contribution in [2.45, 2.75) is 15.6 Å². The van der Waals surface area contributed by atoms with E-state index >= 15 is 0 Å². The van der Waals surface area contributed by atoms with Gasteiger partial charge in [0, 0.05) is 0 Å². The van der Waals surface area contributed by atoms with Gasteiger partial charge in [0.1, 0.15) is 7.11 Å². The Bertz CT molecular complexity index is 651. The van der Waals surface area contributed by atoms with Crippen molar-refractivity contribution in [2.75, 3.05) is 7.11 Å². The summed E-state index contributed by atoms with van der Waals surface area (Å²) in [6, 6.07) is 5.90. The van der Waals surface area contributed by atoms with Crippen molar-refractivity contribution < 1.29 is 18.0 Å². The van der Waals surface area contributed by atoms with Crippen molar-refractivity contribution in [3.8, 4) is 0 Å². The van der Waals surface area contributed by atoms with Crippen LogP contribution in [-0.4, -0.2) is 30.4 Å². The second kappa shape index (κ2) is 6.83. The number of hydrogen-bond acceptors (Lipinski definition) is 5. The number of oxime groups is 1. The number of benzene rings is 1. The molecule has 116 valence electrons. The number of hydrogen-bond donors (Lipinski definition) is 1. The molecule has 0 saturated heterocycles. The maximum absolute atomic E-state index is 12.3. The summed E-state index contributed by atoms with van der Waals surface area (Å²) in [5.41, 5.74) is 0.865. The van der Waals surface area contributed by atoms with Crippen LogP contribution in [-0.2, 0) is 19.5 Å². The van der Waals surface area contributed by atoms with Gasteiger partial charge < -0.3 is 4.84 Å². The Morgan fingerprint density at radius 1 is 1.24 bits per heavy atom. The first-order valence-electron chi connectivity index (χ1n) is 5.40. The molecule has 0 aromatic heterocycles. The van der Waals surface area contributed by atoms with E-state index in [2.05, 4.69) is 9.99 Å². The van der Waals surface area contributed by atoms with Crippen molar-refractivity contribution in [3.05, 3.63) is 29.8 Å². The van der Waals surface area contributed by atoms with E-state index in [4.69, 9.17) is 34.8 Å². The first kappa shape index (κ1) is 18.0. The Balaban J connectivity index is 3.19. The molecule has 1 aromatic carbocycles. The highest BCUT2D eigenvalue weighted by Gasteiger charge is 2.35. The van der Waals surface area contributed by atoms with Gasteiger partial charge >= 0.3 is 0 Å². The zero-order valence-electron chi connectivity index (χ0n) is 10.9. The van der Waals surface area contributed by atoms with Crippen molar-refractivity contribution >= 4 is 55.7 Å². The summed E-state index contributed by atoms with van der Waals surface area (Å²) in [5.74, 6) is -1.17. The Hall–Kier alpha value is -1.02. The van der Waals surface area contributed by atoms with Crippen molar-refractivity contribution in [3.63, 3.8) is 0 Å². The molecule has 1 rings (SSSR count). The quantitative estimate of drug-likeness (QED) is 0.373. The molecule has 0 radical (unpaired) electrons. The minimum absolute atomic E-state index is 0.0893. The fourth-order valence-corrected chi connectivity index (χ4v) is 2.48. The number of aryl methyl sites for hydroxylation is 1. The van der Waals surface area contributed by atoms with Crippen LogP contribution < -0.4 is 5.32 Å². The van der Waals surface area contributed by atoms with Gasteiger partial charge in [-0.25, -0.2) is 8.42 Å². The highest BCUT2D eigenvalue weighted by molar-refractivity contribution is 8.06. The van der Waals surface area contributed by atoms with Crippen LogP contribution in [0.3, 0.4) is 0 Å². The van der Waals surface area contributed by atoms with Gasteiger partial charge in [0.2, 0.25) is 9.84 Å². The van der Waals surface area contributed by atoms with E-state index in [0.29, 0.717) is 0 Å². The van der Waals surface area contributed by atoms with Gasteiger partial charge in [-0.15, -0.1) is 0 Å². The van der Waals surface area contributed by atoms with E-state index in [-0.39, 0.29) is 4.90 Å². The van der Waals surface area contributed by atoms with Crippen LogP contribution >= 0.6 is 34.8 Å². The van der Waals surface area contributed by atoms with Crippen LogP contribution in [0.5, 0.6) is 0 Å². The van der Waals surface area contributed by atoms with Crippen molar-refractivity contribution in [2.24, 2.45) is 5.16 Å². The summed E-state index contributed by atoms with van der Waals surface area (Å²) in [4.78, 5) is 15.9. The molecule has 0 saturated carbocycles. The van der Waals surface area contributed by atoms with E-state index in [1.54, 1.807) is 19.1 Å². The summed E-state index contributed by atoms with van der Waals surface area (Å²) >= 11 is 16.1. The lowest BCUT2D eigenvalue weighted by Gasteiger charge is -2.13. The third-order valence-electron chi connectivity index (χ3n) is 2.24. The predicted octanol–water partition coefficient (Wildman–Crippen LogP) is 2.17. The van der Waals surface area contributed by atoms with Gasteiger partial charge in [-0.2, -0.15) is 0 Å². The first-order chi connectivity index (χ1) is 9.59. The number of rotatable bonds is 2. The zero-order valence-corrected chi connectivity index (χ0v) is 14.0. The molecule has 0 aliphatic heterocycles. The molecule has 21 heavy (non-hydrogen) atoms. The number of sulfone groups is 1. The standard InChI is InChI=1S/C11H11Cl3N2O4S/c1-7-3-5-8(6-4-7)21(18,19)10(16-20-2)15-9(17)11(12,13)14/h3-6H,1-2H3,(H,15,16,17). The number of nitrogens with zero attached hydrogens (tertiary/aromatic N) is 1. The molecule has 10 heteroatoms. The minimum Gasteiger partial charge on any atom is -0.397 e. The van der Waals surface area contributed by atoms with Crippen LogP contribution in [0.1, 0.15) is 5.56 Å². The molecule has 0 atom stereocenters. The lowest BCUT2D eigenvalue weighted by molar-refractivity contribution is -0.118. The average Bonchev–Trinajstić information content (AvgIpc) is 2.37. The summed E-state index contributed by atoms with van der Waals surface area (Å²) < 4.78 is 22.3. The highest BCUT2D eigenvalue weighted by Crippen LogP contribution is 2.26. The van der Waals surface area contributed by atoms with Gasteiger partial charge in [0.15, 0.2) is 0 Å². The van der Waals surface area contributed by atoms with Crippen molar-refractivity contribution in [1.29, 1.82) is 0 Å². The number of amidine groups is 1. The monoisotopic (exact) mass is 372 g/mol. The second-order valence-corrected chi connectivity index (χ2v) is 7.99. The molecule has 6 nitrogen and oxygen atoms in total. The third kappa shape index (κ3) is 4.74. The molecule has 0 heterocycles. The van der Waals surface area contributed by atoms with Crippen LogP contribution in [0, 0.1) is 6.92 Å². The number of carbonyl (C=O) groups excluding carboxylic acids is 1. The largest absolute Gasteiger partial charge is 0.397 e.